The third-order valence-corrected chi connectivity index (χ3v) is 3.75. The molecule has 0 aromatic carbocycles. The normalized spacial score (nSPS) is 21.6. The van der Waals surface area contributed by atoms with Crippen molar-refractivity contribution >= 4 is 17.7 Å². The number of aryl methyl sites for hydroxylation is 1. The van der Waals surface area contributed by atoms with Crippen molar-refractivity contribution in [3.05, 3.63) is 23.8 Å². The fraction of sp³-hybridized carbons (Fsp3) is 0.462. The molecule has 21 heavy (non-hydrogen) atoms. The molecule has 1 amide bonds. The number of aromatic nitrogens is 4. The third-order valence-electron chi connectivity index (χ3n) is 3.75. The number of carbonyl (C=O) groups excluding carboxylic acids is 1. The average molecular weight is 289 g/mol. The number of carbonyl (C=O) groups is 2. The van der Waals surface area contributed by atoms with E-state index in [9.17, 15) is 9.59 Å². The molecule has 1 fully saturated rings. The molecule has 8 nitrogen and oxygen atoms in total. The Morgan fingerprint density at radius 2 is 2.24 bits per heavy atom. The smallest absolute Gasteiger partial charge is 0.306 e. The monoisotopic (exact) mass is 289 g/mol. The topological polar surface area (TPSA) is 109 Å². The summed E-state index contributed by atoms with van der Waals surface area (Å²) in [6, 6.07) is 1.64. The highest BCUT2D eigenvalue weighted by atomic mass is 16.4. The van der Waals surface area contributed by atoms with Crippen LogP contribution >= 0.6 is 0 Å². The zero-order chi connectivity index (χ0) is 15.0. The Labute approximate surface area is 120 Å². The van der Waals surface area contributed by atoms with Crippen LogP contribution in [0.15, 0.2) is 12.3 Å². The molecule has 2 heterocycles. The lowest BCUT2D eigenvalue weighted by atomic mass is 10.1. The van der Waals surface area contributed by atoms with Gasteiger partial charge in [0.25, 0.3) is 11.7 Å². The summed E-state index contributed by atoms with van der Waals surface area (Å²) in [6.45, 7) is 1.85. The van der Waals surface area contributed by atoms with Crippen LogP contribution in [0.25, 0.3) is 5.78 Å². The standard InChI is InChI=1S/C13H15N5O3/c1-7-4-5-14-13-16-10(17-18(7)13)11(19)15-9-3-2-8(6-9)12(20)21/h4-5,8-9H,2-3,6H2,1H3,(H,15,19)(H,20,21)/t8-,9+/m1/s1. The van der Waals surface area contributed by atoms with Crippen LogP contribution in [0.2, 0.25) is 0 Å². The number of carboxylic acids is 1. The maximum absolute atomic E-state index is 12.1. The molecule has 8 heteroatoms. The summed E-state index contributed by atoms with van der Waals surface area (Å²) in [5, 5.41) is 15.9. The fourth-order valence-electron chi connectivity index (χ4n) is 2.59. The first-order valence-corrected chi connectivity index (χ1v) is 6.76. The first kappa shape index (κ1) is 13.5. The van der Waals surface area contributed by atoms with Gasteiger partial charge in [0.05, 0.1) is 5.92 Å². The zero-order valence-corrected chi connectivity index (χ0v) is 11.5. The average Bonchev–Trinajstić information content (AvgIpc) is 3.05. The second kappa shape index (κ2) is 5.12. The van der Waals surface area contributed by atoms with E-state index in [1.165, 1.54) is 4.52 Å². The maximum Gasteiger partial charge on any atom is 0.306 e. The highest BCUT2D eigenvalue weighted by Gasteiger charge is 2.31. The van der Waals surface area contributed by atoms with Gasteiger partial charge in [0.15, 0.2) is 0 Å². The van der Waals surface area contributed by atoms with Crippen LogP contribution < -0.4 is 5.32 Å². The second-order valence-electron chi connectivity index (χ2n) is 5.25. The number of hydrogen-bond donors (Lipinski definition) is 2. The van der Waals surface area contributed by atoms with E-state index in [-0.39, 0.29) is 17.8 Å². The molecule has 110 valence electrons. The lowest BCUT2D eigenvalue weighted by Crippen LogP contribution is -2.34. The van der Waals surface area contributed by atoms with E-state index in [2.05, 4.69) is 20.4 Å². The Bertz CT molecular complexity index is 711. The molecule has 2 aromatic heterocycles. The van der Waals surface area contributed by atoms with Gasteiger partial charge in [0.2, 0.25) is 5.82 Å². The Kier molecular flexibility index (Phi) is 3.28. The van der Waals surface area contributed by atoms with E-state index in [0.717, 1.165) is 5.69 Å². The van der Waals surface area contributed by atoms with E-state index >= 15 is 0 Å². The van der Waals surface area contributed by atoms with Crippen molar-refractivity contribution in [3.63, 3.8) is 0 Å². The molecule has 1 saturated carbocycles. The summed E-state index contributed by atoms with van der Waals surface area (Å²) in [5.41, 5.74) is 0.832. The fourth-order valence-corrected chi connectivity index (χ4v) is 2.59. The Hall–Kier alpha value is -2.51. The summed E-state index contributed by atoms with van der Waals surface area (Å²) in [4.78, 5) is 31.2. The van der Waals surface area contributed by atoms with E-state index in [4.69, 9.17) is 5.11 Å². The summed E-state index contributed by atoms with van der Waals surface area (Å²) >= 11 is 0. The van der Waals surface area contributed by atoms with Gasteiger partial charge in [-0.1, -0.05) is 0 Å². The van der Waals surface area contributed by atoms with E-state index in [1.807, 2.05) is 6.92 Å². The van der Waals surface area contributed by atoms with Crippen LogP contribution in [0.1, 0.15) is 35.6 Å². The molecule has 0 saturated heterocycles. The molecular formula is C13H15N5O3. The predicted octanol–water partition coefficient (Wildman–Crippen LogP) is 0.416. The van der Waals surface area contributed by atoms with Gasteiger partial charge < -0.3 is 10.4 Å². The molecule has 2 aromatic rings. The SMILES string of the molecule is Cc1ccnc2nc(C(=O)N[C@H]3CC[C@@H](C(=O)O)C3)nn12. The van der Waals surface area contributed by atoms with Crippen LogP contribution in [0.4, 0.5) is 0 Å². The minimum absolute atomic E-state index is 0.0515. The van der Waals surface area contributed by atoms with Crippen molar-refractivity contribution in [1.29, 1.82) is 0 Å². The van der Waals surface area contributed by atoms with Gasteiger partial charge in [-0.3, -0.25) is 9.59 Å². The van der Waals surface area contributed by atoms with Gasteiger partial charge in [-0.25, -0.2) is 9.50 Å². The van der Waals surface area contributed by atoms with Crippen molar-refractivity contribution < 1.29 is 14.7 Å². The van der Waals surface area contributed by atoms with Crippen LogP contribution in [0.3, 0.4) is 0 Å². The van der Waals surface area contributed by atoms with Crippen molar-refractivity contribution in [2.24, 2.45) is 5.92 Å². The lowest BCUT2D eigenvalue weighted by Gasteiger charge is -2.10. The highest BCUT2D eigenvalue weighted by Crippen LogP contribution is 2.25. The number of fused-ring (bicyclic) bond motifs is 1. The van der Waals surface area contributed by atoms with Gasteiger partial charge in [0.1, 0.15) is 0 Å². The van der Waals surface area contributed by atoms with E-state index < -0.39 is 11.9 Å². The van der Waals surface area contributed by atoms with E-state index in [0.29, 0.717) is 25.0 Å². The maximum atomic E-state index is 12.1. The van der Waals surface area contributed by atoms with Crippen LogP contribution in [0.5, 0.6) is 0 Å². The largest absolute Gasteiger partial charge is 0.481 e. The quantitative estimate of drug-likeness (QED) is 0.847. The van der Waals surface area contributed by atoms with Crippen molar-refractivity contribution in [3.8, 4) is 0 Å². The van der Waals surface area contributed by atoms with Crippen molar-refractivity contribution in [2.45, 2.75) is 32.2 Å². The second-order valence-corrected chi connectivity index (χ2v) is 5.25. The van der Waals surface area contributed by atoms with E-state index in [1.54, 1.807) is 12.3 Å². The number of rotatable bonds is 3. The molecule has 1 aliphatic carbocycles. The number of nitrogens with one attached hydrogen (secondary N) is 1. The van der Waals surface area contributed by atoms with Crippen molar-refractivity contribution in [2.75, 3.05) is 0 Å². The zero-order valence-electron chi connectivity index (χ0n) is 11.5. The number of aliphatic carboxylic acids is 1. The first-order valence-electron chi connectivity index (χ1n) is 6.76. The molecule has 0 spiro atoms. The van der Waals surface area contributed by atoms with Crippen LogP contribution in [-0.2, 0) is 4.79 Å². The molecule has 3 rings (SSSR count). The molecular weight excluding hydrogens is 274 g/mol. The number of nitrogens with zero attached hydrogens (tertiary/aromatic N) is 4. The Morgan fingerprint density at radius 3 is 2.90 bits per heavy atom. The van der Waals surface area contributed by atoms with Gasteiger partial charge in [-0.2, -0.15) is 4.98 Å². The first-order chi connectivity index (χ1) is 10.0. The number of amides is 1. The van der Waals surface area contributed by atoms with Gasteiger partial charge in [-0.15, -0.1) is 5.10 Å². The molecule has 1 aliphatic rings. The number of hydrogen-bond acceptors (Lipinski definition) is 5. The Morgan fingerprint density at radius 1 is 1.43 bits per heavy atom. The molecule has 2 atom stereocenters. The van der Waals surface area contributed by atoms with Crippen LogP contribution in [-0.4, -0.2) is 42.6 Å². The molecule has 0 aliphatic heterocycles. The van der Waals surface area contributed by atoms with Crippen molar-refractivity contribution in [1.82, 2.24) is 24.9 Å². The summed E-state index contributed by atoms with van der Waals surface area (Å²) in [5.74, 6) is -1.16. The molecule has 0 bridgehead atoms. The highest BCUT2D eigenvalue weighted by molar-refractivity contribution is 5.91. The molecule has 2 N–H and O–H groups in total. The number of carboxylic acid groups (broad SMARTS) is 1. The minimum atomic E-state index is -0.808. The molecule has 0 unspecified atom stereocenters. The summed E-state index contributed by atoms with van der Waals surface area (Å²) in [7, 11) is 0. The third kappa shape index (κ3) is 2.56. The molecule has 0 radical (unpaired) electrons. The minimum Gasteiger partial charge on any atom is -0.481 e. The Balaban J connectivity index is 1.73. The van der Waals surface area contributed by atoms with Gasteiger partial charge in [0, 0.05) is 17.9 Å². The van der Waals surface area contributed by atoms with Gasteiger partial charge >= 0.3 is 5.97 Å². The summed E-state index contributed by atoms with van der Waals surface area (Å²) in [6.07, 6.45) is 3.30. The van der Waals surface area contributed by atoms with Crippen LogP contribution in [0, 0.1) is 12.8 Å². The lowest BCUT2D eigenvalue weighted by molar-refractivity contribution is -0.141. The summed E-state index contributed by atoms with van der Waals surface area (Å²) < 4.78 is 1.50. The van der Waals surface area contributed by atoms with Gasteiger partial charge in [-0.05, 0) is 32.3 Å². The predicted molar refractivity (Wildman–Crippen MR) is 71.8 cm³/mol.